The Balaban J connectivity index is 1.36. The van der Waals surface area contributed by atoms with Crippen LogP contribution in [0.2, 0.25) is 0 Å². The largest absolute Gasteiger partial charge is 0.497 e. The predicted octanol–water partition coefficient (Wildman–Crippen LogP) is 4.57. The van der Waals surface area contributed by atoms with Crippen LogP contribution in [0.1, 0.15) is 38.5 Å². The van der Waals surface area contributed by atoms with Crippen LogP contribution in [0.3, 0.4) is 0 Å². The Morgan fingerprint density at radius 1 is 0.930 bits per heavy atom. The minimum Gasteiger partial charge on any atom is -0.497 e. The molecule has 4 aliphatic rings. The molecule has 3 aliphatic carbocycles. The summed E-state index contributed by atoms with van der Waals surface area (Å²) in [7, 11) is 1.51. The van der Waals surface area contributed by atoms with E-state index in [1.807, 2.05) is 48.5 Å². The van der Waals surface area contributed by atoms with Crippen molar-refractivity contribution in [2.75, 3.05) is 12.0 Å². The molecule has 212 valence electrons. The number of rotatable bonds is 6. The third-order valence-corrected chi connectivity index (χ3v) is 8.77. The van der Waals surface area contributed by atoms with Crippen LogP contribution in [0.5, 0.6) is 5.75 Å². The molecule has 0 spiro atoms. The first-order chi connectivity index (χ1) is 20.9. The van der Waals surface area contributed by atoms with Gasteiger partial charge in [0.1, 0.15) is 5.75 Å². The van der Waals surface area contributed by atoms with E-state index >= 15 is 0 Å². The summed E-state index contributed by atoms with van der Waals surface area (Å²) >= 11 is 0. The lowest BCUT2D eigenvalue weighted by Gasteiger charge is -2.52. The molecule has 10 nitrogen and oxygen atoms in total. The van der Waals surface area contributed by atoms with Crippen molar-refractivity contribution in [1.82, 2.24) is 5.43 Å². The van der Waals surface area contributed by atoms with Crippen molar-refractivity contribution in [3.63, 3.8) is 0 Å². The fraction of sp³-hybridized carbons (Fsp3) is 0.152. The standard InChI is InChI=1S/C33H24N4O6/c1-43-22-8-6-7-19(17-22)30(38)35-34-18-33-25-11-4-2-9-23(25)27(24-10-3-5-12-26(24)33)28-29(33)32(40)36(31(28)39)20-13-15-21(16-14-20)37(41)42/h2-18,27-29H,1H3,(H,35,38)/b34-18-/t27?,28-,29+,33?/m1/s1. The lowest BCUT2D eigenvalue weighted by Crippen LogP contribution is -2.54. The summed E-state index contributed by atoms with van der Waals surface area (Å²) in [6, 6.07) is 27.5. The number of anilines is 1. The van der Waals surface area contributed by atoms with Crippen molar-refractivity contribution in [3.05, 3.63) is 135 Å². The number of nitrogens with zero attached hydrogens (tertiary/aromatic N) is 3. The second-order valence-electron chi connectivity index (χ2n) is 10.7. The summed E-state index contributed by atoms with van der Waals surface area (Å²) < 4.78 is 5.23. The van der Waals surface area contributed by atoms with Crippen LogP contribution in [0, 0.1) is 22.0 Å². The Hall–Kier alpha value is -5.64. The van der Waals surface area contributed by atoms with Crippen LogP contribution in [-0.2, 0) is 15.0 Å². The number of carbonyl (C=O) groups excluding carboxylic acids is 3. The van der Waals surface area contributed by atoms with Gasteiger partial charge in [-0.05, 0) is 52.6 Å². The van der Waals surface area contributed by atoms with Crippen molar-refractivity contribution in [2.45, 2.75) is 11.3 Å². The Kier molecular flexibility index (Phi) is 5.94. The second kappa shape index (κ2) is 9.73. The van der Waals surface area contributed by atoms with Gasteiger partial charge in [0.05, 0.1) is 35.0 Å². The molecule has 2 atom stereocenters. The van der Waals surface area contributed by atoms with Gasteiger partial charge >= 0.3 is 0 Å². The number of nitro groups is 1. The van der Waals surface area contributed by atoms with E-state index in [4.69, 9.17) is 4.74 Å². The number of ether oxygens (including phenoxy) is 1. The van der Waals surface area contributed by atoms with Crippen molar-refractivity contribution >= 4 is 35.3 Å². The lowest BCUT2D eigenvalue weighted by atomic mass is 9.47. The van der Waals surface area contributed by atoms with Gasteiger partial charge in [-0.25, -0.2) is 10.3 Å². The molecule has 3 amide bonds. The van der Waals surface area contributed by atoms with E-state index in [0.717, 1.165) is 27.2 Å². The number of non-ortho nitro benzene ring substituents is 1. The molecule has 0 unspecified atom stereocenters. The van der Waals surface area contributed by atoms with E-state index < -0.39 is 34.0 Å². The van der Waals surface area contributed by atoms with Gasteiger partial charge in [0.15, 0.2) is 0 Å². The fourth-order valence-electron chi connectivity index (χ4n) is 7.05. The Bertz CT molecular complexity index is 1820. The number of methoxy groups -OCH3 is 1. The van der Waals surface area contributed by atoms with Crippen LogP contribution in [0.4, 0.5) is 11.4 Å². The van der Waals surface area contributed by atoms with E-state index in [1.165, 1.54) is 31.4 Å². The van der Waals surface area contributed by atoms with E-state index in [-0.39, 0.29) is 23.2 Å². The normalized spacial score (nSPS) is 23.1. The van der Waals surface area contributed by atoms with Gasteiger partial charge in [-0.1, -0.05) is 54.6 Å². The number of imide groups is 1. The zero-order chi connectivity index (χ0) is 29.9. The van der Waals surface area contributed by atoms with Crippen LogP contribution in [-0.4, -0.2) is 36.0 Å². The highest BCUT2D eigenvalue weighted by Crippen LogP contribution is 2.63. The highest BCUT2D eigenvalue weighted by molar-refractivity contribution is 6.25. The highest BCUT2D eigenvalue weighted by atomic mass is 16.6. The summed E-state index contributed by atoms with van der Waals surface area (Å²) in [6.45, 7) is 0. The number of amides is 3. The molecule has 1 aliphatic heterocycles. The van der Waals surface area contributed by atoms with Gasteiger partial charge < -0.3 is 4.74 Å². The zero-order valence-electron chi connectivity index (χ0n) is 22.8. The molecule has 1 N–H and O–H groups in total. The van der Waals surface area contributed by atoms with Crippen LogP contribution in [0.15, 0.2) is 102 Å². The topological polar surface area (TPSA) is 131 Å². The second-order valence-corrected chi connectivity index (χ2v) is 10.7. The summed E-state index contributed by atoms with van der Waals surface area (Å²) in [4.78, 5) is 53.5. The third kappa shape index (κ3) is 3.72. The van der Waals surface area contributed by atoms with Crippen LogP contribution >= 0.6 is 0 Å². The van der Waals surface area contributed by atoms with Gasteiger partial charge in [0.2, 0.25) is 11.8 Å². The number of nitro benzene ring substituents is 1. The first kappa shape index (κ1) is 26.3. The molecule has 10 heteroatoms. The number of hydrogen-bond acceptors (Lipinski definition) is 7. The van der Waals surface area contributed by atoms with Gasteiger partial charge in [-0.15, -0.1) is 0 Å². The maximum absolute atomic E-state index is 14.4. The van der Waals surface area contributed by atoms with Crippen LogP contribution in [0.25, 0.3) is 0 Å². The Morgan fingerprint density at radius 3 is 2.21 bits per heavy atom. The molecule has 1 fully saturated rings. The van der Waals surface area contributed by atoms with E-state index in [0.29, 0.717) is 11.3 Å². The molecule has 1 heterocycles. The van der Waals surface area contributed by atoms with Gasteiger partial charge in [0, 0.05) is 29.8 Å². The molecule has 4 aromatic rings. The highest BCUT2D eigenvalue weighted by Gasteiger charge is 2.68. The molecule has 43 heavy (non-hydrogen) atoms. The van der Waals surface area contributed by atoms with Gasteiger partial charge in [-0.3, -0.25) is 24.5 Å². The maximum atomic E-state index is 14.4. The first-order valence-electron chi connectivity index (χ1n) is 13.7. The quantitative estimate of drug-likeness (QED) is 0.156. The Morgan fingerprint density at radius 2 is 1.58 bits per heavy atom. The van der Waals surface area contributed by atoms with Crippen LogP contribution < -0.4 is 15.1 Å². The van der Waals surface area contributed by atoms with Crippen molar-refractivity contribution in [1.29, 1.82) is 0 Å². The monoisotopic (exact) mass is 572 g/mol. The predicted molar refractivity (Wildman–Crippen MR) is 157 cm³/mol. The minimum atomic E-state index is -1.17. The molecule has 1 saturated heterocycles. The van der Waals surface area contributed by atoms with Crippen molar-refractivity contribution in [2.24, 2.45) is 16.9 Å². The minimum absolute atomic E-state index is 0.143. The van der Waals surface area contributed by atoms with Crippen molar-refractivity contribution < 1.29 is 24.0 Å². The average molecular weight is 573 g/mol. The summed E-state index contributed by atoms with van der Waals surface area (Å²) in [6.07, 6.45) is 1.58. The van der Waals surface area contributed by atoms with E-state index in [1.54, 1.807) is 30.5 Å². The molecule has 4 aromatic carbocycles. The zero-order valence-corrected chi connectivity index (χ0v) is 22.8. The first-order valence-corrected chi connectivity index (χ1v) is 13.7. The van der Waals surface area contributed by atoms with Gasteiger partial charge in [0.25, 0.3) is 11.6 Å². The summed E-state index contributed by atoms with van der Waals surface area (Å²) in [5.41, 5.74) is 5.41. The average Bonchev–Trinajstić information content (AvgIpc) is 3.31. The summed E-state index contributed by atoms with van der Waals surface area (Å²) in [5, 5.41) is 15.7. The molecular formula is C33H24N4O6. The SMILES string of the molecule is COc1cccc(C(=O)N/N=C\C23c4ccccc4C(c4ccccc42)[C@H]2C(=O)N(c4ccc([N+](=O)[O-])cc4)C(=O)[C@H]23)c1. The molecule has 0 radical (unpaired) electrons. The van der Waals surface area contributed by atoms with Crippen molar-refractivity contribution in [3.8, 4) is 5.75 Å². The number of benzene rings is 4. The molecule has 2 bridgehead atoms. The molecule has 8 rings (SSSR count). The third-order valence-electron chi connectivity index (χ3n) is 8.77. The summed E-state index contributed by atoms with van der Waals surface area (Å²) in [5.74, 6) is -2.73. The molecule has 0 saturated carbocycles. The fourth-order valence-corrected chi connectivity index (χ4v) is 7.05. The molecule has 0 aromatic heterocycles. The number of hydrogen-bond donors (Lipinski definition) is 1. The number of carbonyl (C=O) groups is 3. The van der Waals surface area contributed by atoms with E-state index in [2.05, 4.69) is 10.5 Å². The number of nitrogens with one attached hydrogen (secondary N) is 1. The maximum Gasteiger partial charge on any atom is 0.271 e. The van der Waals surface area contributed by atoms with E-state index in [9.17, 15) is 24.5 Å². The number of hydrazone groups is 1. The smallest absolute Gasteiger partial charge is 0.271 e. The Labute approximate surface area is 245 Å². The lowest BCUT2D eigenvalue weighted by molar-refractivity contribution is -0.384. The molecular weight excluding hydrogens is 548 g/mol. The van der Waals surface area contributed by atoms with Gasteiger partial charge in [-0.2, -0.15) is 5.10 Å².